The first-order valence-corrected chi connectivity index (χ1v) is 11.0. The van der Waals surface area contributed by atoms with E-state index < -0.39 is 17.6 Å². The Hall–Kier alpha value is -3.06. The van der Waals surface area contributed by atoms with E-state index in [0.29, 0.717) is 5.01 Å². The fourth-order valence-corrected chi connectivity index (χ4v) is 4.04. The average molecular weight is 439 g/mol. The summed E-state index contributed by atoms with van der Waals surface area (Å²) in [6.45, 7) is 5.36. The molecule has 1 atom stereocenters. The quantitative estimate of drug-likeness (QED) is 0.418. The van der Waals surface area contributed by atoms with E-state index in [1.54, 1.807) is 20.8 Å². The summed E-state index contributed by atoms with van der Waals surface area (Å²) < 4.78 is 6.24. The van der Waals surface area contributed by atoms with Crippen molar-refractivity contribution in [3.05, 3.63) is 65.2 Å². The number of ketones is 1. The second kappa shape index (κ2) is 9.83. The predicted molar refractivity (Wildman–Crippen MR) is 121 cm³/mol. The normalized spacial score (nSPS) is 12.4. The molecule has 7 heteroatoms. The largest absolute Gasteiger partial charge is 0.460 e. The van der Waals surface area contributed by atoms with Gasteiger partial charge in [0.2, 0.25) is 11.7 Å². The second-order valence-electron chi connectivity index (χ2n) is 8.26. The Morgan fingerprint density at radius 2 is 1.71 bits per heavy atom. The molecular weight excluding hydrogens is 412 g/mol. The molecule has 1 amide bonds. The number of benzene rings is 2. The van der Waals surface area contributed by atoms with Crippen LogP contribution in [0.25, 0.3) is 10.2 Å². The van der Waals surface area contributed by atoms with Crippen LogP contribution in [0.1, 0.15) is 49.0 Å². The van der Waals surface area contributed by atoms with Crippen LogP contribution in [0.3, 0.4) is 0 Å². The van der Waals surface area contributed by atoms with E-state index in [1.165, 1.54) is 11.3 Å². The van der Waals surface area contributed by atoms with Gasteiger partial charge in [-0.15, -0.1) is 11.3 Å². The van der Waals surface area contributed by atoms with Crippen molar-refractivity contribution in [2.75, 3.05) is 0 Å². The lowest BCUT2D eigenvalue weighted by Crippen LogP contribution is -2.42. The number of carbonyl (C=O) groups excluding carboxylic acids is 3. The first kappa shape index (κ1) is 22.6. The van der Waals surface area contributed by atoms with Crippen LogP contribution in [0.4, 0.5) is 0 Å². The van der Waals surface area contributed by atoms with Crippen molar-refractivity contribution in [3.63, 3.8) is 0 Å². The van der Waals surface area contributed by atoms with Gasteiger partial charge in [0.1, 0.15) is 5.60 Å². The van der Waals surface area contributed by atoms with Crippen molar-refractivity contribution >= 4 is 39.2 Å². The number of para-hydroxylation sites is 1. The molecule has 1 N–H and O–H groups in total. The Morgan fingerprint density at radius 3 is 2.39 bits per heavy atom. The molecule has 3 aromatic rings. The number of ether oxygens (including phenoxy) is 1. The maximum atomic E-state index is 13.2. The standard InChI is InChI=1S/C24H26N2O4S/c1-24(2,3)30-21(28)14-13-18(25-20(27)15-16-9-5-4-6-10-16)22(29)23-26-17-11-7-8-12-19(17)31-23/h4-12,18H,13-15H2,1-3H3,(H,25,27). The highest BCUT2D eigenvalue weighted by atomic mass is 32.1. The lowest BCUT2D eigenvalue weighted by atomic mass is 10.1. The van der Waals surface area contributed by atoms with Crippen molar-refractivity contribution in [3.8, 4) is 0 Å². The van der Waals surface area contributed by atoms with E-state index >= 15 is 0 Å². The van der Waals surface area contributed by atoms with Crippen LogP contribution in [-0.2, 0) is 20.7 Å². The summed E-state index contributed by atoms with van der Waals surface area (Å²) in [4.78, 5) is 42.4. The van der Waals surface area contributed by atoms with Crippen molar-refractivity contribution in [1.29, 1.82) is 0 Å². The van der Waals surface area contributed by atoms with Gasteiger partial charge in [-0.25, -0.2) is 4.98 Å². The van der Waals surface area contributed by atoms with E-state index in [2.05, 4.69) is 10.3 Å². The Balaban J connectivity index is 1.74. The summed E-state index contributed by atoms with van der Waals surface area (Å²) >= 11 is 1.28. The van der Waals surface area contributed by atoms with Gasteiger partial charge in [0.05, 0.1) is 22.7 Å². The number of hydrogen-bond acceptors (Lipinski definition) is 6. The van der Waals surface area contributed by atoms with E-state index in [-0.39, 0.29) is 31.0 Å². The van der Waals surface area contributed by atoms with Gasteiger partial charge in [-0.1, -0.05) is 42.5 Å². The lowest BCUT2D eigenvalue weighted by molar-refractivity contribution is -0.155. The van der Waals surface area contributed by atoms with Crippen LogP contribution >= 0.6 is 11.3 Å². The number of rotatable bonds is 8. The topological polar surface area (TPSA) is 85.4 Å². The number of Topliss-reactive ketones (excluding diaryl/α,β-unsaturated/α-hetero) is 1. The lowest BCUT2D eigenvalue weighted by Gasteiger charge is -2.21. The van der Waals surface area contributed by atoms with E-state index in [4.69, 9.17) is 4.74 Å². The third-order valence-electron chi connectivity index (χ3n) is 4.42. The Labute approximate surface area is 185 Å². The molecule has 1 aromatic heterocycles. The maximum Gasteiger partial charge on any atom is 0.306 e. The molecule has 0 spiro atoms. The Bertz CT molecular complexity index is 1040. The molecule has 31 heavy (non-hydrogen) atoms. The number of carbonyl (C=O) groups is 3. The van der Waals surface area contributed by atoms with Gasteiger partial charge < -0.3 is 10.1 Å². The molecule has 1 heterocycles. The van der Waals surface area contributed by atoms with Crippen LogP contribution in [0, 0.1) is 0 Å². The van der Waals surface area contributed by atoms with Crippen LogP contribution in [0.5, 0.6) is 0 Å². The average Bonchev–Trinajstić information content (AvgIpc) is 3.14. The summed E-state index contributed by atoms with van der Waals surface area (Å²) in [5, 5.41) is 3.11. The van der Waals surface area contributed by atoms with Gasteiger partial charge in [0, 0.05) is 6.42 Å². The zero-order chi connectivity index (χ0) is 22.4. The molecule has 0 bridgehead atoms. The minimum atomic E-state index is -0.857. The maximum absolute atomic E-state index is 13.2. The fraction of sp³-hybridized carbons (Fsp3) is 0.333. The third-order valence-corrected chi connectivity index (χ3v) is 5.47. The second-order valence-corrected chi connectivity index (χ2v) is 9.29. The Kier molecular flexibility index (Phi) is 7.17. The molecule has 3 rings (SSSR count). The minimum absolute atomic E-state index is 0.0180. The molecule has 0 saturated heterocycles. The number of nitrogens with one attached hydrogen (secondary N) is 1. The number of esters is 1. The van der Waals surface area contributed by atoms with Crippen molar-refractivity contribution in [2.24, 2.45) is 0 Å². The van der Waals surface area contributed by atoms with Crippen LogP contribution in [-0.4, -0.2) is 34.3 Å². The van der Waals surface area contributed by atoms with E-state index in [1.807, 2.05) is 54.6 Å². The monoisotopic (exact) mass is 438 g/mol. The third kappa shape index (κ3) is 6.72. The van der Waals surface area contributed by atoms with Gasteiger partial charge in [-0.2, -0.15) is 0 Å². The van der Waals surface area contributed by atoms with Crippen LogP contribution in [0.15, 0.2) is 54.6 Å². The highest BCUT2D eigenvalue weighted by molar-refractivity contribution is 7.20. The number of nitrogens with zero attached hydrogens (tertiary/aromatic N) is 1. The van der Waals surface area contributed by atoms with Crippen LogP contribution < -0.4 is 5.32 Å². The summed E-state index contributed by atoms with van der Waals surface area (Å²) in [5.74, 6) is -0.993. The fourth-order valence-electron chi connectivity index (χ4n) is 3.08. The van der Waals surface area contributed by atoms with Gasteiger partial charge >= 0.3 is 5.97 Å². The minimum Gasteiger partial charge on any atom is -0.460 e. The molecule has 0 aliphatic rings. The number of aromatic nitrogens is 1. The molecule has 2 aromatic carbocycles. The molecular formula is C24H26N2O4S. The molecule has 0 saturated carbocycles. The Morgan fingerprint density at radius 1 is 1.03 bits per heavy atom. The first-order chi connectivity index (χ1) is 14.7. The van der Waals surface area contributed by atoms with Crippen molar-refractivity contribution < 1.29 is 19.1 Å². The van der Waals surface area contributed by atoms with Crippen LogP contribution in [0.2, 0.25) is 0 Å². The van der Waals surface area contributed by atoms with Crippen molar-refractivity contribution in [2.45, 2.75) is 51.7 Å². The highest BCUT2D eigenvalue weighted by Crippen LogP contribution is 2.23. The molecule has 0 fully saturated rings. The van der Waals surface area contributed by atoms with Gasteiger partial charge in [0.15, 0.2) is 5.01 Å². The molecule has 0 aliphatic heterocycles. The zero-order valence-corrected chi connectivity index (χ0v) is 18.7. The highest BCUT2D eigenvalue weighted by Gasteiger charge is 2.27. The van der Waals surface area contributed by atoms with Gasteiger partial charge in [-0.05, 0) is 44.9 Å². The zero-order valence-electron chi connectivity index (χ0n) is 17.9. The summed E-state index contributed by atoms with van der Waals surface area (Å²) in [6.07, 6.45) is 0.311. The van der Waals surface area contributed by atoms with Gasteiger partial charge in [-0.3, -0.25) is 14.4 Å². The molecule has 0 radical (unpaired) electrons. The predicted octanol–water partition coefficient (Wildman–Crippen LogP) is 4.33. The summed E-state index contributed by atoms with van der Waals surface area (Å²) in [6, 6.07) is 15.9. The SMILES string of the molecule is CC(C)(C)OC(=O)CCC(NC(=O)Cc1ccccc1)C(=O)c1nc2ccccc2s1. The van der Waals surface area contributed by atoms with E-state index in [0.717, 1.165) is 15.8 Å². The molecule has 1 unspecified atom stereocenters. The molecule has 162 valence electrons. The molecule has 0 aliphatic carbocycles. The van der Waals surface area contributed by atoms with E-state index in [9.17, 15) is 14.4 Å². The number of hydrogen-bond donors (Lipinski definition) is 1. The first-order valence-electron chi connectivity index (χ1n) is 10.2. The number of thiazole rings is 1. The van der Waals surface area contributed by atoms with Gasteiger partial charge in [0.25, 0.3) is 0 Å². The number of fused-ring (bicyclic) bond motifs is 1. The van der Waals surface area contributed by atoms with Crippen molar-refractivity contribution in [1.82, 2.24) is 10.3 Å². The number of amides is 1. The molecule has 6 nitrogen and oxygen atoms in total. The smallest absolute Gasteiger partial charge is 0.306 e. The summed E-state index contributed by atoms with van der Waals surface area (Å²) in [7, 11) is 0. The summed E-state index contributed by atoms with van der Waals surface area (Å²) in [5.41, 5.74) is 0.968.